The lowest BCUT2D eigenvalue weighted by atomic mass is 10.0. The Bertz CT molecular complexity index is 418. The maximum atomic E-state index is 11.6. The molecule has 0 aromatic heterocycles. The lowest BCUT2D eigenvalue weighted by Gasteiger charge is -2.06. The van der Waals surface area contributed by atoms with Gasteiger partial charge < -0.3 is 5.73 Å². The summed E-state index contributed by atoms with van der Waals surface area (Å²) in [6.45, 7) is 1.44. The van der Waals surface area contributed by atoms with Gasteiger partial charge >= 0.3 is 0 Å². The Hall–Kier alpha value is -1.62. The third-order valence-electron chi connectivity index (χ3n) is 1.88. The van der Waals surface area contributed by atoms with E-state index in [4.69, 9.17) is 17.3 Å². The van der Waals surface area contributed by atoms with Gasteiger partial charge in [-0.2, -0.15) is 0 Å². The number of benzene rings is 1. The van der Waals surface area contributed by atoms with Crippen molar-refractivity contribution in [3.05, 3.63) is 33.9 Å². The van der Waals surface area contributed by atoms with Crippen LogP contribution in [-0.2, 0) is 0 Å². The van der Waals surface area contributed by atoms with Gasteiger partial charge in [-0.25, -0.2) is 0 Å². The highest BCUT2D eigenvalue weighted by Gasteiger charge is 2.25. The van der Waals surface area contributed by atoms with Crippen LogP contribution in [0.4, 0.5) is 11.4 Å². The summed E-state index contributed by atoms with van der Waals surface area (Å²) in [7, 11) is 0. The molecule has 1 rings (SSSR count). The van der Waals surface area contributed by atoms with Crippen LogP contribution < -0.4 is 5.73 Å². The number of Topliss-reactive ketones (excluding diaryl/α,β-unsaturated/α-hetero) is 1. The number of carbonyl (C=O) groups is 1. The summed E-state index contributed by atoms with van der Waals surface area (Å²) in [6, 6.07) is 4.07. The molecule has 0 radical (unpaired) electrons. The van der Waals surface area contributed by atoms with E-state index >= 15 is 0 Å². The molecule has 0 spiro atoms. The van der Waals surface area contributed by atoms with Gasteiger partial charge in [-0.3, -0.25) is 14.9 Å². The molecule has 0 amide bonds. The molecule has 0 aliphatic rings. The molecular weight excluding hydrogens is 220 g/mol. The first-order chi connectivity index (χ1) is 6.95. The summed E-state index contributed by atoms with van der Waals surface area (Å²) >= 11 is 5.58. The topological polar surface area (TPSA) is 86.2 Å². The van der Waals surface area contributed by atoms with Crippen molar-refractivity contribution < 1.29 is 9.72 Å². The van der Waals surface area contributed by atoms with Gasteiger partial charge in [0.05, 0.1) is 10.3 Å². The maximum absolute atomic E-state index is 11.6. The number of anilines is 1. The minimum atomic E-state index is -0.839. The van der Waals surface area contributed by atoms with Gasteiger partial charge in [0.25, 0.3) is 5.69 Å². The van der Waals surface area contributed by atoms with E-state index in [0.29, 0.717) is 0 Å². The lowest BCUT2D eigenvalue weighted by Crippen LogP contribution is -2.15. The van der Waals surface area contributed by atoms with E-state index in [-0.39, 0.29) is 16.9 Å². The third-order valence-corrected chi connectivity index (χ3v) is 2.08. The molecule has 0 saturated heterocycles. The number of ketones is 1. The molecule has 80 valence electrons. The summed E-state index contributed by atoms with van der Waals surface area (Å²) in [4.78, 5) is 21.6. The maximum Gasteiger partial charge on any atom is 0.282 e. The quantitative estimate of drug-likeness (QED) is 0.282. The van der Waals surface area contributed by atoms with Gasteiger partial charge in [0.2, 0.25) is 0 Å². The molecule has 0 saturated carbocycles. The Balaban J connectivity index is 3.37. The zero-order chi connectivity index (χ0) is 11.6. The fraction of sp³-hybridized carbons (Fsp3) is 0.222. The summed E-state index contributed by atoms with van der Waals surface area (Å²) in [5.41, 5.74) is 5.15. The van der Waals surface area contributed by atoms with E-state index in [9.17, 15) is 14.9 Å². The standard InChI is InChI=1S/C9H9ClN2O3/c1-5(10)9(13)8-6(11)3-2-4-7(8)12(14)15/h2-5H,11H2,1H3. The second kappa shape index (κ2) is 4.27. The summed E-state index contributed by atoms with van der Waals surface area (Å²) in [5, 5.41) is 9.82. The molecule has 1 aromatic carbocycles. The van der Waals surface area contributed by atoms with Crippen LogP contribution in [-0.4, -0.2) is 16.1 Å². The van der Waals surface area contributed by atoms with Crippen LogP contribution in [0, 0.1) is 10.1 Å². The van der Waals surface area contributed by atoms with Crippen LogP contribution >= 0.6 is 11.6 Å². The lowest BCUT2D eigenvalue weighted by molar-refractivity contribution is -0.385. The molecule has 2 N–H and O–H groups in total. The fourth-order valence-electron chi connectivity index (χ4n) is 1.18. The van der Waals surface area contributed by atoms with Crippen LogP contribution in [0.3, 0.4) is 0 Å². The van der Waals surface area contributed by atoms with Crippen LogP contribution in [0.15, 0.2) is 18.2 Å². The largest absolute Gasteiger partial charge is 0.398 e. The van der Waals surface area contributed by atoms with Crippen molar-refractivity contribution in [1.82, 2.24) is 0 Å². The first-order valence-corrected chi connectivity index (χ1v) is 4.60. The normalized spacial score (nSPS) is 12.1. The van der Waals surface area contributed by atoms with E-state index in [1.165, 1.54) is 25.1 Å². The van der Waals surface area contributed by atoms with Crippen molar-refractivity contribution in [1.29, 1.82) is 0 Å². The Labute approximate surface area is 91.0 Å². The van der Waals surface area contributed by atoms with E-state index < -0.39 is 16.1 Å². The summed E-state index contributed by atoms with van der Waals surface area (Å²) < 4.78 is 0. The number of hydrogen-bond donors (Lipinski definition) is 1. The highest BCUT2D eigenvalue weighted by molar-refractivity contribution is 6.34. The smallest absolute Gasteiger partial charge is 0.282 e. The van der Waals surface area contributed by atoms with E-state index in [1.54, 1.807) is 0 Å². The minimum absolute atomic E-state index is 0.0710. The van der Waals surface area contributed by atoms with Gasteiger partial charge in [-0.15, -0.1) is 11.6 Å². The number of nitrogen functional groups attached to an aromatic ring is 1. The molecule has 0 heterocycles. The second-order valence-electron chi connectivity index (χ2n) is 2.98. The molecule has 6 heteroatoms. The van der Waals surface area contributed by atoms with Gasteiger partial charge in [0.15, 0.2) is 5.78 Å². The van der Waals surface area contributed by atoms with Crippen molar-refractivity contribution in [2.75, 3.05) is 5.73 Å². The van der Waals surface area contributed by atoms with Gasteiger partial charge in [-0.05, 0) is 13.0 Å². The van der Waals surface area contributed by atoms with Crippen LogP contribution in [0.25, 0.3) is 0 Å². The summed E-state index contributed by atoms with van der Waals surface area (Å²) in [5.74, 6) is -0.540. The van der Waals surface area contributed by atoms with Gasteiger partial charge in [0.1, 0.15) is 5.56 Å². The van der Waals surface area contributed by atoms with E-state index in [1.807, 2.05) is 0 Å². The number of nitrogens with two attached hydrogens (primary N) is 1. The third kappa shape index (κ3) is 2.24. The first kappa shape index (κ1) is 11.5. The fourth-order valence-corrected chi connectivity index (χ4v) is 1.29. The predicted octanol–water partition coefficient (Wildman–Crippen LogP) is 1.99. The van der Waals surface area contributed by atoms with Gasteiger partial charge in [-0.1, -0.05) is 6.07 Å². The number of nitrogens with zero attached hydrogens (tertiary/aromatic N) is 1. The van der Waals surface area contributed by atoms with Crippen molar-refractivity contribution in [3.63, 3.8) is 0 Å². The molecule has 1 unspecified atom stereocenters. The Morgan fingerprint density at radius 3 is 2.67 bits per heavy atom. The van der Waals surface area contributed by atoms with Crippen molar-refractivity contribution in [3.8, 4) is 0 Å². The number of carbonyl (C=O) groups excluding carboxylic acids is 1. The zero-order valence-electron chi connectivity index (χ0n) is 7.94. The number of nitro groups is 1. The molecule has 0 aliphatic carbocycles. The first-order valence-electron chi connectivity index (χ1n) is 4.16. The highest BCUT2D eigenvalue weighted by atomic mass is 35.5. The van der Waals surface area contributed by atoms with E-state index in [2.05, 4.69) is 0 Å². The van der Waals surface area contributed by atoms with Gasteiger partial charge in [0, 0.05) is 11.8 Å². The number of hydrogen-bond acceptors (Lipinski definition) is 4. The number of halogens is 1. The molecule has 5 nitrogen and oxygen atoms in total. The van der Waals surface area contributed by atoms with Crippen LogP contribution in [0.5, 0.6) is 0 Å². The predicted molar refractivity (Wildman–Crippen MR) is 57.2 cm³/mol. The summed E-state index contributed by atoms with van der Waals surface area (Å²) in [6.07, 6.45) is 0. The zero-order valence-corrected chi connectivity index (χ0v) is 8.69. The highest BCUT2D eigenvalue weighted by Crippen LogP contribution is 2.26. The minimum Gasteiger partial charge on any atom is -0.398 e. The average molecular weight is 229 g/mol. The van der Waals surface area contributed by atoms with Crippen molar-refractivity contribution >= 4 is 28.8 Å². The molecule has 1 aromatic rings. The average Bonchev–Trinajstić information content (AvgIpc) is 2.16. The molecule has 0 bridgehead atoms. The molecule has 1 atom stereocenters. The Morgan fingerprint density at radius 2 is 2.20 bits per heavy atom. The Kier molecular flexibility index (Phi) is 3.26. The van der Waals surface area contributed by atoms with Crippen LogP contribution in [0.2, 0.25) is 0 Å². The van der Waals surface area contributed by atoms with Crippen molar-refractivity contribution in [2.24, 2.45) is 0 Å². The molecular formula is C9H9ClN2O3. The Morgan fingerprint density at radius 1 is 1.60 bits per heavy atom. The monoisotopic (exact) mass is 228 g/mol. The van der Waals surface area contributed by atoms with Crippen molar-refractivity contribution in [2.45, 2.75) is 12.3 Å². The second-order valence-corrected chi connectivity index (χ2v) is 3.63. The number of nitro benzene ring substituents is 1. The molecule has 0 aliphatic heterocycles. The number of rotatable bonds is 3. The molecule has 15 heavy (non-hydrogen) atoms. The van der Waals surface area contributed by atoms with Crippen LogP contribution in [0.1, 0.15) is 17.3 Å². The molecule has 0 fully saturated rings. The SMILES string of the molecule is CC(Cl)C(=O)c1c(N)cccc1[N+](=O)[O-]. The van der Waals surface area contributed by atoms with E-state index in [0.717, 1.165) is 0 Å². The number of alkyl halides is 1.